The number of aliphatic hydroxyl groups is 3. The van der Waals surface area contributed by atoms with Crippen molar-refractivity contribution in [1.29, 1.82) is 0 Å². The lowest BCUT2D eigenvalue weighted by atomic mass is 10.4. The average Bonchev–Trinajstić information content (AvgIpc) is 1.57. The first-order valence-electron chi connectivity index (χ1n) is 2.46. The molecule has 10 heavy (non-hydrogen) atoms. The molecule has 0 aliphatic heterocycles. The predicted octanol–water partition coefficient (Wildman–Crippen LogP) is 0.679. The van der Waals surface area contributed by atoms with Crippen molar-refractivity contribution in [3.63, 3.8) is 0 Å². The van der Waals surface area contributed by atoms with E-state index in [2.05, 4.69) is 31.9 Å². The Morgan fingerprint density at radius 2 is 1.50 bits per heavy atom. The Bertz CT molecular complexity index is 115. The van der Waals surface area contributed by atoms with E-state index in [1.165, 1.54) is 6.08 Å². The number of hydrogen-bond acceptors (Lipinski definition) is 3. The van der Waals surface area contributed by atoms with Crippen LogP contribution in [0.4, 0.5) is 0 Å². The fourth-order valence-corrected chi connectivity index (χ4v) is 0.522. The Labute approximate surface area is 75.6 Å². The monoisotopic (exact) mass is 274 g/mol. The van der Waals surface area contributed by atoms with Crippen molar-refractivity contribution >= 4 is 31.9 Å². The second-order valence-electron chi connectivity index (χ2n) is 1.98. The summed E-state index contributed by atoms with van der Waals surface area (Å²) in [7, 11) is 0. The smallest absolute Gasteiger partial charge is 0.297 e. The van der Waals surface area contributed by atoms with Crippen LogP contribution in [-0.2, 0) is 0 Å². The van der Waals surface area contributed by atoms with E-state index in [4.69, 9.17) is 15.3 Å². The highest BCUT2D eigenvalue weighted by molar-refractivity contribution is 9.25. The van der Waals surface area contributed by atoms with Gasteiger partial charge in [-0.2, -0.15) is 0 Å². The molecule has 0 spiro atoms. The molecule has 0 bridgehead atoms. The summed E-state index contributed by atoms with van der Waals surface area (Å²) in [6, 6.07) is 0. The number of allylic oxidation sites excluding steroid dienone is 1. The van der Waals surface area contributed by atoms with Crippen LogP contribution in [0.25, 0.3) is 0 Å². The van der Waals surface area contributed by atoms with Gasteiger partial charge in [0.1, 0.15) is 0 Å². The van der Waals surface area contributed by atoms with Gasteiger partial charge in [0.2, 0.25) is 0 Å². The lowest BCUT2D eigenvalue weighted by Gasteiger charge is -2.11. The lowest BCUT2D eigenvalue weighted by Crippen LogP contribution is -2.24. The van der Waals surface area contributed by atoms with Gasteiger partial charge in [0, 0.05) is 6.08 Å². The van der Waals surface area contributed by atoms with Gasteiger partial charge in [-0.25, -0.2) is 0 Å². The van der Waals surface area contributed by atoms with Crippen LogP contribution in [0.5, 0.6) is 0 Å². The summed E-state index contributed by atoms with van der Waals surface area (Å²) in [5.41, 5.74) is 0. The number of rotatable bonds is 2. The summed E-state index contributed by atoms with van der Waals surface area (Å²) >= 11 is 6.26. The highest BCUT2D eigenvalue weighted by atomic mass is 79.9. The zero-order valence-electron chi connectivity index (χ0n) is 5.25. The molecule has 0 unspecified atom stereocenters. The summed E-state index contributed by atoms with van der Waals surface area (Å²) < 4.78 is -0.528. The first-order valence-corrected chi connectivity index (χ1v) is 4.05. The summed E-state index contributed by atoms with van der Waals surface area (Å²) in [5.74, 6) is -2.73. The molecular weight excluding hydrogens is 268 g/mol. The summed E-state index contributed by atoms with van der Waals surface area (Å²) in [4.78, 5) is 0. The molecule has 0 aromatic rings. The normalized spacial score (nSPS) is 14.6. The predicted molar refractivity (Wildman–Crippen MR) is 44.8 cm³/mol. The molecule has 0 aliphatic carbocycles. The average molecular weight is 276 g/mol. The third kappa shape index (κ3) is 8.58. The number of hydrogen-bond donors (Lipinski definition) is 3. The second kappa shape index (κ2) is 3.32. The van der Waals surface area contributed by atoms with E-state index in [0.29, 0.717) is 0 Å². The molecule has 0 radical (unpaired) electrons. The van der Waals surface area contributed by atoms with Gasteiger partial charge in [-0.05, 0) is 6.92 Å². The third-order valence-corrected chi connectivity index (χ3v) is 1.13. The molecule has 3 N–H and O–H groups in total. The minimum absolute atomic E-state index is 0.528. The van der Waals surface area contributed by atoms with Crippen LogP contribution in [0.1, 0.15) is 6.92 Å². The van der Waals surface area contributed by atoms with Crippen molar-refractivity contribution in [2.45, 2.75) is 16.1 Å². The maximum atomic E-state index is 8.36. The highest BCUT2D eigenvalue weighted by Crippen LogP contribution is 2.26. The van der Waals surface area contributed by atoms with E-state index in [1.54, 1.807) is 6.92 Å². The third-order valence-electron chi connectivity index (χ3n) is 0.600. The molecule has 0 amide bonds. The Balaban J connectivity index is 4.01. The van der Waals surface area contributed by atoms with Gasteiger partial charge >= 0.3 is 0 Å². The molecule has 5 heteroatoms. The van der Waals surface area contributed by atoms with Crippen molar-refractivity contribution in [2.75, 3.05) is 0 Å². The van der Waals surface area contributed by atoms with E-state index in [-0.39, 0.29) is 0 Å². The molecule has 0 saturated carbocycles. The fraction of sp³-hybridized carbons (Fsp3) is 0.600. The van der Waals surface area contributed by atoms with Gasteiger partial charge in [0.05, 0.1) is 3.23 Å². The molecule has 0 rings (SSSR count). The Kier molecular flexibility index (Phi) is 3.51. The van der Waals surface area contributed by atoms with Crippen LogP contribution < -0.4 is 0 Å². The summed E-state index contributed by atoms with van der Waals surface area (Å²) in [6.07, 6.45) is 2.20. The van der Waals surface area contributed by atoms with Gasteiger partial charge in [0.25, 0.3) is 5.97 Å². The first-order chi connectivity index (χ1) is 4.21. The van der Waals surface area contributed by atoms with Crippen molar-refractivity contribution in [3.8, 4) is 0 Å². The Morgan fingerprint density at radius 3 is 1.60 bits per heavy atom. The van der Waals surface area contributed by atoms with Gasteiger partial charge in [-0.3, -0.25) is 0 Å². The molecule has 0 atom stereocenters. The SMILES string of the molecule is CC(Br)(Br)C=CC(O)(O)O. The largest absolute Gasteiger partial charge is 0.340 e. The zero-order chi connectivity index (χ0) is 8.41. The topological polar surface area (TPSA) is 60.7 Å². The van der Waals surface area contributed by atoms with Crippen molar-refractivity contribution in [2.24, 2.45) is 0 Å². The van der Waals surface area contributed by atoms with Crippen LogP contribution in [0.15, 0.2) is 12.2 Å². The van der Waals surface area contributed by atoms with Crippen LogP contribution in [0.3, 0.4) is 0 Å². The molecule has 0 saturated heterocycles. The minimum Gasteiger partial charge on any atom is -0.340 e. The lowest BCUT2D eigenvalue weighted by molar-refractivity contribution is -0.273. The molecule has 0 fully saturated rings. The molecule has 3 nitrogen and oxygen atoms in total. The van der Waals surface area contributed by atoms with Crippen LogP contribution in [-0.4, -0.2) is 24.5 Å². The van der Waals surface area contributed by atoms with Gasteiger partial charge in [0.15, 0.2) is 0 Å². The number of alkyl halides is 2. The Hall–Kier alpha value is 0.580. The first kappa shape index (κ1) is 10.6. The van der Waals surface area contributed by atoms with Gasteiger partial charge in [-0.1, -0.05) is 37.9 Å². The Morgan fingerprint density at radius 1 is 1.10 bits per heavy atom. The van der Waals surface area contributed by atoms with E-state index < -0.39 is 9.21 Å². The van der Waals surface area contributed by atoms with Crippen LogP contribution in [0.2, 0.25) is 0 Å². The van der Waals surface area contributed by atoms with Gasteiger partial charge in [-0.15, -0.1) is 0 Å². The molecule has 0 heterocycles. The molecular formula is C5H8Br2O3. The fourth-order valence-electron chi connectivity index (χ4n) is 0.258. The van der Waals surface area contributed by atoms with Crippen molar-refractivity contribution in [1.82, 2.24) is 0 Å². The van der Waals surface area contributed by atoms with Crippen LogP contribution >= 0.6 is 31.9 Å². The van der Waals surface area contributed by atoms with E-state index >= 15 is 0 Å². The standard InChI is InChI=1S/C5H8Br2O3/c1-4(6,7)2-3-5(8,9)10/h2-3,8-10H,1H3. The second-order valence-corrected chi connectivity index (χ2v) is 6.34. The van der Waals surface area contributed by atoms with Crippen molar-refractivity contribution in [3.05, 3.63) is 12.2 Å². The highest BCUT2D eigenvalue weighted by Gasteiger charge is 2.16. The maximum absolute atomic E-state index is 8.36. The zero-order valence-corrected chi connectivity index (χ0v) is 8.42. The molecule has 60 valence electrons. The molecule has 0 aromatic heterocycles. The van der Waals surface area contributed by atoms with Crippen molar-refractivity contribution < 1.29 is 15.3 Å². The minimum atomic E-state index is -2.73. The molecule has 0 aliphatic rings. The number of halogens is 2. The summed E-state index contributed by atoms with van der Waals surface area (Å²) in [5, 5.41) is 25.1. The van der Waals surface area contributed by atoms with Gasteiger partial charge < -0.3 is 15.3 Å². The van der Waals surface area contributed by atoms with E-state index in [0.717, 1.165) is 6.08 Å². The van der Waals surface area contributed by atoms with Crippen LogP contribution in [0, 0.1) is 0 Å². The van der Waals surface area contributed by atoms with E-state index in [9.17, 15) is 0 Å². The maximum Gasteiger partial charge on any atom is 0.297 e. The molecule has 0 aromatic carbocycles. The van der Waals surface area contributed by atoms with E-state index in [1.807, 2.05) is 0 Å². The summed E-state index contributed by atoms with van der Waals surface area (Å²) in [6.45, 7) is 1.72. The quantitative estimate of drug-likeness (QED) is 0.395.